The van der Waals surface area contributed by atoms with Gasteiger partial charge in [0.15, 0.2) is 10.9 Å². The predicted molar refractivity (Wildman–Crippen MR) is 125 cm³/mol. The monoisotopic (exact) mass is 452 g/mol. The van der Waals surface area contributed by atoms with Crippen molar-refractivity contribution < 1.29 is 9.53 Å². The molecule has 1 amide bonds. The minimum atomic E-state index is -0.302. The number of nitrogens with one attached hydrogen (secondary N) is 2. The Bertz CT molecular complexity index is 1280. The van der Waals surface area contributed by atoms with Crippen molar-refractivity contribution in [1.29, 1.82) is 0 Å². The molecular formula is C21H20N6O2S2. The van der Waals surface area contributed by atoms with Crippen LogP contribution in [-0.4, -0.2) is 37.4 Å². The van der Waals surface area contributed by atoms with Crippen LogP contribution < -0.4 is 15.4 Å². The van der Waals surface area contributed by atoms with E-state index in [1.54, 1.807) is 28.8 Å². The predicted octanol–water partition coefficient (Wildman–Crippen LogP) is 4.00. The third-order valence-electron chi connectivity index (χ3n) is 4.50. The number of fused-ring (bicyclic) bond motifs is 1. The summed E-state index contributed by atoms with van der Waals surface area (Å²) in [5.41, 5.74) is 3.22. The molecule has 4 rings (SSSR count). The number of thiocarbonyl (C=S) groups is 1. The molecule has 0 spiro atoms. The number of ether oxygens (including phenoxy) is 1. The molecule has 158 valence electrons. The van der Waals surface area contributed by atoms with Crippen molar-refractivity contribution >= 4 is 45.2 Å². The van der Waals surface area contributed by atoms with Crippen molar-refractivity contribution in [2.75, 3.05) is 11.9 Å². The van der Waals surface area contributed by atoms with Gasteiger partial charge in [0.2, 0.25) is 4.96 Å². The van der Waals surface area contributed by atoms with Crippen molar-refractivity contribution in [1.82, 2.24) is 25.1 Å². The summed E-state index contributed by atoms with van der Waals surface area (Å²) in [5, 5.41) is 19.5. The van der Waals surface area contributed by atoms with E-state index in [-0.39, 0.29) is 11.0 Å². The van der Waals surface area contributed by atoms with Gasteiger partial charge in [-0.3, -0.25) is 10.1 Å². The summed E-state index contributed by atoms with van der Waals surface area (Å²) < 4.78 is 7.17. The topological polar surface area (TPSA) is 93.4 Å². The zero-order valence-electron chi connectivity index (χ0n) is 17.2. The zero-order chi connectivity index (χ0) is 22.0. The molecule has 2 aromatic heterocycles. The molecule has 4 aromatic rings. The van der Waals surface area contributed by atoms with E-state index in [0.717, 1.165) is 32.6 Å². The summed E-state index contributed by atoms with van der Waals surface area (Å²) in [7, 11) is 0. The molecule has 0 radical (unpaired) electrons. The lowest BCUT2D eigenvalue weighted by molar-refractivity contribution is 0.0977. The molecule has 0 unspecified atom stereocenters. The normalized spacial score (nSPS) is 10.8. The van der Waals surface area contributed by atoms with E-state index in [9.17, 15) is 4.79 Å². The Hall–Kier alpha value is -3.37. The van der Waals surface area contributed by atoms with Crippen LogP contribution in [0.4, 0.5) is 5.69 Å². The average Bonchev–Trinajstić information content (AvgIpc) is 3.32. The molecule has 2 N–H and O–H groups in total. The molecule has 0 saturated carbocycles. The SMILES string of the molecule is CCOc1cccc(C(=O)NC(=S)Nc2ccc(-c3nn4c(C)nnc4s3)cc2C)c1. The first-order chi connectivity index (χ1) is 14.9. The van der Waals surface area contributed by atoms with E-state index < -0.39 is 0 Å². The zero-order valence-corrected chi connectivity index (χ0v) is 18.8. The Balaban J connectivity index is 1.44. The highest BCUT2D eigenvalue weighted by atomic mass is 32.1. The number of carbonyl (C=O) groups is 1. The van der Waals surface area contributed by atoms with Gasteiger partial charge in [0.25, 0.3) is 5.91 Å². The van der Waals surface area contributed by atoms with Gasteiger partial charge in [-0.25, -0.2) is 0 Å². The minimum Gasteiger partial charge on any atom is -0.494 e. The van der Waals surface area contributed by atoms with Gasteiger partial charge in [-0.1, -0.05) is 17.4 Å². The van der Waals surface area contributed by atoms with Crippen LogP contribution in [-0.2, 0) is 0 Å². The average molecular weight is 453 g/mol. The highest BCUT2D eigenvalue weighted by molar-refractivity contribution is 7.80. The van der Waals surface area contributed by atoms with Crippen molar-refractivity contribution in [2.45, 2.75) is 20.8 Å². The third-order valence-corrected chi connectivity index (χ3v) is 5.65. The number of aryl methyl sites for hydroxylation is 2. The lowest BCUT2D eigenvalue weighted by Gasteiger charge is -2.13. The van der Waals surface area contributed by atoms with E-state index >= 15 is 0 Å². The third kappa shape index (κ3) is 4.54. The molecule has 2 heterocycles. The number of aromatic nitrogens is 4. The van der Waals surface area contributed by atoms with Crippen molar-refractivity contribution in [2.24, 2.45) is 0 Å². The maximum absolute atomic E-state index is 12.5. The number of carbonyl (C=O) groups excluding carboxylic acids is 1. The van der Waals surface area contributed by atoms with Gasteiger partial charge < -0.3 is 10.1 Å². The first-order valence-corrected chi connectivity index (χ1v) is 10.8. The number of anilines is 1. The summed E-state index contributed by atoms with van der Waals surface area (Å²) in [4.78, 5) is 13.3. The molecule has 8 nitrogen and oxygen atoms in total. The fourth-order valence-corrected chi connectivity index (χ4v) is 4.07. The van der Waals surface area contributed by atoms with Gasteiger partial charge in [-0.05, 0) is 75.0 Å². The van der Waals surface area contributed by atoms with Gasteiger partial charge in [-0.2, -0.15) is 9.61 Å². The first kappa shape index (κ1) is 20.9. The van der Waals surface area contributed by atoms with Gasteiger partial charge in [-0.15, -0.1) is 10.2 Å². The van der Waals surface area contributed by atoms with E-state index in [1.165, 1.54) is 11.3 Å². The number of benzene rings is 2. The van der Waals surface area contributed by atoms with Crippen LogP contribution in [0, 0.1) is 13.8 Å². The Kier molecular flexibility index (Phi) is 5.92. The Labute approximate surface area is 188 Å². The lowest BCUT2D eigenvalue weighted by Crippen LogP contribution is -2.34. The molecule has 10 heteroatoms. The molecule has 31 heavy (non-hydrogen) atoms. The van der Waals surface area contributed by atoms with Crippen molar-refractivity contribution in [3.63, 3.8) is 0 Å². The largest absolute Gasteiger partial charge is 0.494 e. The molecule has 2 aromatic carbocycles. The second-order valence-corrected chi connectivity index (χ2v) is 8.11. The molecule has 0 bridgehead atoms. The molecule has 0 atom stereocenters. The van der Waals surface area contributed by atoms with Crippen LogP contribution in [0.15, 0.2) is 42.5 Å². The van der Waals surface area contributed by atoms with Crippen molar-refractivity contribution in [3.8, 4) is 16.3 Å². The van der Waals surface area contributed by atoms with Crippen LogP contribution in [0.1, 0.15) is 28.7 Å². The second-order valence-electron chi connectivity index (χ2n) is 6.75. The maximum atomic E-state index is 12.5. The Morgan fingerprint density at radius 3 is 2.77 bits per heavy atom. The van der Waals surface area contributed by atoms with E-state index in [2.05, 4.69) is 25.9 Å². The van der Waals surface area contributed by atoms with E-state index in [4.69, 9.17) is 17.0 Å². The van der Waals surface area contributed by atoms with Crippen LogP contribution in [0.2, 0.25) is 0 Å². The second kappa shape index (κ2) is 8.78. The summed E-state index contributed by atoms with van der Waals surface area (Å²) in [6, 6.07) is 12.8. The summed E-state index contributed by atoms with van der Waals surface area (Å²) in [6.07, 6.45) is 0. The molecular weight excluding hydrogens is 432 g/mol. The number of rotatable bonds is 5. The highest BCUT2D eigenvalue weighted by Gasteiger charge is 2.13. The van der Waals surface area contributed by atoms with Crippen LogP contribution in [0.3, 0.4) is 0 Å². The van der Waals surface area contributed by atoms with Crippen molar-refractivity contribution in [3.05, 3.63) is 59.4 Å². The first-order valence-electron chi connectivity index (χ1n) is 9.59. The van der Waals surface area contributed by atoms with Gasteiger partial charge >= 0.3 is 0 Å². The smallest absolute Gasteiger partial charge is 0.257 e. The van der Waals surface area contributed by atoms with Gasteiger partial charge in [0, 0.05) is 16.8 Å². The number of hydrogen-bond donors (Lipinski definition) is 2. The Morgan fingerprint density at radius 1 is 1.19 bits per heavy atom. The Morgan fingerprint density at radius 2 is 2.03 bits per heavy atom. The molecule has 0 aliphatic rings. The number of nitrogens with zero attached hydrogens (tertiary/aromatic N) is 4. The molecule has 0 aliphatic carbocycles. The van der Waals surface area contributed by atoms with Gasteiger partial charge in [0.05, 0.1) is 6.61 Å². The summed E-state index contributed by atoms with van der Waals surface area (Å²) in [6.45, 7) is 6.26. The number of amides is 1. The standard InChI is InChI=1S/C21H20N6O2S2/c1-4-29-16-7-5-6-14(11-16)18(28)23-20(30)22-17-9-8-15(10-12(17)2)19-26-27-13(3)24-25-21(27)31-19/h5-11H,4H2,1-3H3,(H2,22,23,28,30). The lowest BCUT2D eigenvalue weighted by atomic mass is 10.1. The highest BCUT2D eigenvalue weighted by Crippen LogP contribution is 2.28. The van der Waals surface area contributed by atoms with Crippen LogP contribution in [0.25, 0.3) is 15.5 Å². The van der Waals surface area contributed by atoms with E-state index in [0.29, 0.717) is 17.9 Å². The molecule has 0 aliphatic heterocycles. The quantitative estimate of drug-likeness (QED) is 0.442. The van der Waals surface area contributed by atoms with Crippen LogP contribution >= 0.6 is 23.6 Å². The summed E-state index contributed by atoms with van der Waals surface area (Å²) in [5.74, 6) is 1.09. The maximum Gasteiger partial charge on any atom is 0.257 e. The summed E-state index contributed by atoms with van der Waals surface area (Å²) >= 11 is 6.80. The minimum absolute atomic E-state index is 0.220. The molecule has 0 fully saturated rings. The fraction of sp³-hybridized carbons (Fsp3) is 0.190. The molecule has 0 saturated heterocycles. The van der Waals surface area contributed by atoms with Gasteiger partial charge in [0.1, 0.15) is 10.8 Å². The van der Waals surface area contributed by atoms with E-state index in [1.807, 2.05) is 39.0 Å². The number of hydrogen-bond acceptors (Lipinski definition) is 7. The fourth-order valence-electron chi connectivity index (χ4n) is 2.99. The van der Waals surface area contributed by atoms with Crippen LogP contribution in [0.5, 0.6) is 5.75 Å².